The van der Waals surface area contributed by atoms with Crippen LogP contribution in [-0.2, 0) is 6.54 Å². The van der Waals surface area contributed by atoms with E-state index in [4.69, 9.17) is 5.73 Å². The number of nitrogens with one attached hydrogen (secondary N) is 1. The molecule has 102 valence electrons. The van der Waals surface area contributed by atoms with E-state index in [0.717, 1.165) is 24.9 Å². The minimum atomic E-state index is -4.65. The van der Waals surface area contributed by atoms with E-state index < -0.39 is 6.36 Å². The monoisotopic (exact) mass is 262 g/mol. The molecule has 1 rings (SSSR count). The molecule has 18 heavy (non-hydrogen) atoms. The van der Waals surface area contributed by atoms with Gasteiger partial charge in [-0.2, -0.15) is 0 Å². The highest BCUT2D eigenvalue weighted by Gasteiger charge is 2.31. The highest BCUT2D eigenvalue weighted by Crippen LogP contribution is 2.23. The standard InChI is InChI=1S/C12H17F3N2O/c13-12(14,15)18-11-5-3-4-10(8-11)9-17-7-2-1-6-16/h3-5,8,17H,1-2,6-7,9,16H2. The summed E-state index contributed by atoms with van der Waals surface area (Å²) in [5.74, 6) is -0.191. The lowest BCUT2D eigenvalue weighted by Gasteiger charge is -2.10. The highest BCUT2D eigenvalue weighted by molar-refractivity contribution is 5.28. The molecule has 0 unspecified atom stereocenters. The number of hydrogen-bond donors (Lipinski definition) is 2. The van der Waals surface area contributed by atoms with E-state index in [1.165, 1.54) is 18.2 Å². The van der Waals surface area contributed by atoms with Crippen LogP contribution in [0.25, 0.3) is 0 Å². The Hall–Kier alpha value is -1.27. The van der Waals surface area contributed by atoms with Crippen LogP contribution < -0.4 is 15.8 Å². The van der Waals surface area contributed by atoms with Gasteiger partial charge in [0.25, 0.3) is 0 Å². The Morgan fingerprint density at radius 3 is 2.67 bits per heavy atom. The van der Waals surface area contributed by atoms with E-state index in [1.54, 1.807) is 6.07 Å². The van der Waals surface area contributed by atoms with Crippen LogP contribution in [0.2, 0.25) is 0 Å². The Morgan fingerprint density at radius 1 is 1.22 bits per heavy atom. The van der Waals surface area contributed by atoms with Crippen molar-refractivity contribution in [3.8, 4) is 5.75 Å². The van der Waals surface area contributed by atoms with Crippen molar-refractivity contribution in [1.29, 1.82) is 0 Å². The van der Waals surface area contributed by atoms with Gasteiger partial charge in [0.15, 0.2) is 0 Å². The summed E-state index contributed by atoms with van der Waals surface area (Å²) in [6.07, 6.45) is -2.76. The molecule has 0 heterocycles. The molecule has 1 aromatic rings. The quantitative estimate of drug-likeness (QED) is 0.742. The first kappa shape index (κ1) is 14.8. The predicted molar refractivity (Wildman–Crippen MR) is 63.1 cm³/mol. The van der Waals surface area contributed by atoms with E-state index in [9.17, 15) is 13.2 Å². The number of rotatable bonds is 7. The smallest absolute Gasteiger partial charge is 0.406 e. The lowest BCUT2D eigenvalue weighted by atomic mass is 10.2. The Kier molecular flexibility index (Phi) is 5.94. The normalized spacial score (nSPS) is 11.6. The molecule has 3 N–H and O–H groups in total. The van der Waals surface area contributed by atoms with E-state index in [1.807, 2.05) is 0 Å². The summed E-state index contributed by atoms with van der Waals surface area (Å²) in [6, 6.07) is 5.95. The van der Waals surface area contributed by atoms with E-state index in [-0.39, 0.29) is 5.75 Å². The lowest BCUT2D eigenvalue weighted by Crippen LogP contribution is -2.18. The number of halogens is 3. The van der Waals surface area contributed by atoms with Crippen molar-refractivity contribution in [3.05, 3.63) is 29.8 Å². The molecule has 0 fully saturated rings. The van der Waals surface area contributed by atoms with Gasteiger partial charge in [-0.15, -0.1) is 13.2 Å². The van der Waals surface area contributed by atoms with Gasteiger partial charge in [-0.1, -0.05) is 12.1 Å². The molecule has 0 bridgehead atoms. The summed E-state index contributed by atoms with van der Waals surface area (Å²) in [4.78, 5) is 0. The molecule has 0 amide bonds. The third kappa shape index (κ3) is 6.46. The number of ether oxygens (including phenoxy) is 1. The Bertz CT molecular complexity index is 355. The number of alkyl halides is 3. The van der Waals surface area contributed by atoms with Gasteiger partial charge in [0.05, 0.1) is 0 Å². The molecule has 0 saturated heterocycles. The number of unbranched alkanes of at least 4 members (excludes halogenated alkanes) is 1. The molecule has 0 atom stereocenters. The van der Waals surface area contributed by atoms with Crippen LogP contribution in [0.5, 0.6) is 5.75 Å². The third-order valence-corrected chi connectivity index (χ3v) is 2.27. The second kappa shape index (κ2) is 7.23. The van der Waals surface area contributed by atoms with E-state index >= 15 is 0 Å². The first-order valence-electron chi connectivity index (χ1n) is 5.77. The van der Waals surface area contributed by atoms with Crippen LogP contribution in [0, 0.1) is 0 Å². The Balaban J connectivity index is 2.40. The first-order valence-corrected chi connectivity index (χ1v) is 5.77. The molecule has 3 nitrogen and oxygen atoms in total. The molecule has 0 spiro atoms. The maximum Gasteiger partial charge on any atom is 0.573 e. The van der Waals surface area contributed by atoms with Crippen LogP contribution in [-0.4, -0.2) is 19.5 Å². The number of hydrogen-bond acceptors (Lipinski definition) is 3. The highest BCUT2D eigenvalue weighted by atomic mass is 19.4. The largest absolute Gasteiger partial charge is 0.573 e. The summed E-state index contributed by atoms with van der Waals surface area (Å²) in [5.41, 5.74) is 6.10. The average Bonchev–Trinajstić information content (AvgIpc) is 2.27. The van der Waals surface area contributed by atoms with Gasteiger partial charge in [-0.3, -0.25) is 0 Å². The van der Waals surface area contributed by atoms with Crippen molar-refractivity contribution in [3.63, 3.8) is 0 Å². The average molecular weight is 262 g/mol. The molecular formula is C12H17F3N2O. The summed E-state index contributed by atoms with van der Waals surface area (Å²) in [6.45, 7) is 1.96. The minimum Gasteiger partial charge on any atom is -0.406 e. The maximum atomic E-state index is 12.0. The van der Waals surface area contributed by atoms with Crippen LogP contribution >= 0.6 is 0 Å². The zero-order chi connectivity index (χ0) is 13.4. The predicted octanol–water partition coefficient (Wildman–Crippen LogP) is 2.41. The van der Waals surface area contributed by atoms with Gasteiger partial charge in [-0.25, -0.2) is 0 Å². The van der Waals surface area contributed by atoms with E-state index in [0.29, 0.717) is 13.1 Å². The van der Waals surface area contributed by atoms with Gasteiger partial charge in [-0.05, 0) is 43.6 Å². The van der Waals surface area contributed by atoms with Crippen molar-refractivity contribution >= 4 is 0 Å². The first-order chi connectivity index (χ1) is 8.51. The zero-order valence-corrected chi connectivity index (χ0v) is 9.96. The van der Waals surface area contributed by atoms with E-state index in [2.05, 4.69) is 10.1 Å². The van der Waals surface area contributed by atoms with Crippen molar-refractivity contribution in [2.75, 3.05) is 13.1 Å². The summed E-state index contributed by atoms with van der Waals surface area (Å²) in [5, 5.41) is 3.13. The van der Waals surface area contributed by atoms with Crippen LogP contribution in [0.15, 0.2) is 24.3 Å². The summed E-state index contributed by atoms with van der Waals surface area (Å²) in [7, 11) is 0. The molecule has 0 radical (unpaired) electrons. The van der Waals surface area contributed by atoms with Gasteiger partial charge in [0.1, 0.15) is 5.75 Å². The molecule has 0 aromatic heterocycles. The molecule has 6 heteroatoms. The molecule has 0 aliphatic heterocycles. The fourth-order valence-electron chi connectivity index (χ4n) is 1.48. The third-order valence-electron chi connectivity index (χ3n) is 2.27. The minimum absolute atomic E-state index is 0.191. The zero-order valence-electron chi connectivity index (χ0n) is 9.96. The van der Waals surface area contributed by atoms with Gasteiger partial charge in [0, 0.05) is 6.54 Å². The molecule has 1 aromatic carbocycles. The lowest BCUT2D eigenvalue weighted by molar-refractivity contribution is -0.274. The topological polar surface area (TPSA) is 47.3 Å². The summed E-state index contributed by atoms with van der Waals surface area (Å²) < 4.78 is 39.9. The molecular weight excluding hydrogens is 245 g/mol. The van der Waals surface area contributed by atoms with Crippen molar-refractivity contribution < 1.29 is 17.9 Å². The van der Waals surface area contributed by atoms with Gasteiger partial charge < -0.3 is 15.8 Å². The molecule has 0 aliphatic carbocycles. The van der Waals surface area contributed by atoms with Crippen LogP contribution in [0.1, 0.15) is 18.4 Å². The number of nitrogens with two attached hydrogens (primary N) is 1. The molecule has 0 aliphatic rings. The van der Waals surface area contributed by atoms with Gasteiger partial charge >= 0.3 is 6.36 Å². The van der Waals surface area contributed by atoms with Crippen molar-refractivity contribution in [2.45, 2.75) is 25.7 Å². The van der Waals surface area contributed by atoms with Gasteiger partial charge in [0.2, 0.25) is 0 Å². The Labute approximate surface area is 104 Å². The fourth-order valence-corrected chi connectivity index (χ4v) is 1.48. The maximum absolute atomic E-state index is 12.0. The Morgan fingerprint density at radius 2 is 2.00 bits per heavy atom. The number of benzene rings is 1. The second-order valence-electron chi connectivity index (χ2n) is 3.87. The fraction of sp³-hybridized carbons (Fsp3) is 0.500. The van der Waals surface area contributed by atoms with Crippen LogP contribution in [0.4, 0.5) is 13.2 Å². The molecule has 0 saturated carbocycles. The SMILES string of the molecule is NCCCCNCc1cccc(OC(F)(F)F)c1. The van der Waals surface area contributed by atoms with Crippen LogP contribution in [0.3, 0.4) is 0 Å². The summed E-state index contributed by atoms with van der Waals surface area (Å²) >= 11 is 0. The van der Waals surface area contributed by atoms with Crippen molar-refractivity contribution in [1.82, 2.24) is 5.32 Å². The second-order valence-corrected chi connectivity index (χ2v) is 3.87. The van der Waals surface area contributed by atoms with Crippen molar-refractivity contribution in [2.24, 2.45) is 5.73 Å².